The lowest BCUT2D eigenvalue weighted by molar-refractivity contribution is -0.00712. The van der Waals surface area contributed by atoms with Crippen molar-refractivity contribution in [2.75, 3.05) is 0 Å². The molecule has 3 aliphatic rings. The van der Waals surface area contributed by atoms with Crippen molar-refractivity contribution in [3.63, 3.8) is 0 Å². The van der Waals surface area contributed by atoms with Gasteiger partial charge in [-0.15, -0.1) is 0 Å². The Hall–Kier alpha value is -0.140. The molecule has 0 radical (unpaired) electrons. The Bertz CT molecular complexity index is 279. The van der Waals surface area contributed by atoms with Crippen LogP contribution in [0.4, 0.5) is 8.78 Å². The van der Waals surface area contributed by atoms with Crippen molar-refractivity contribution < 1.29 is 8.78 Å². The Morgan fingerprint density at radius 1 is 0.611 bits per heavy atom. The minimum absolute atomic E-state index is 0.0244. The third-order valence-electron chi connectivity index (χ3n) is 5.92. The fourth-order valence-corrected chi connectivity index (χ4v) is 4.43. The molecule has 3 fully saturated rings. The van der Waals surface area contributed by atoms with Gasteiger partial charge in [-0.25, -0.2) is 8.78 Å². The molecule has 0 amide bonds. The Morgan fingerprint density at radius 2 is 1.11 bits per heavy atom. The van der Waals surface area contributed by atoms with Gasteiger partial charge >= 0.3 is 0 Å². The molecule has 104 valence electrons. The van der Waals surface area contributed by atoms with Crippen molar-refractivity contribution in [2.24, 2.45) is 29.6 Å². The van der Waals surface area contributed by atoms with E-state index in [4.69, 9.17) is 0 Å². The van der Waals surface area contributed by atoms with Crippen LogP contribution in [0.3, 0.4) is 0 Å². The summed E-state index contributed by atoms with van der Waals surface area (Å²) in [6.45, 7) is 1.86. The number of halogens is 2. The van der Waals surface area contributed by atoms with Crippen molar-refractivity contribution in [3.05, 3.63) is 0 Å². The van der Waals surface area contributed by atoms with Crippen LogP contribution >= 0.6 is 0 Å². The molecule has 0 bridgehead atoms. The lowest BCUT2D eigenvalue weighted by Gasteiger charge is -2.40. The SMILES string of the molecule is CC1CCC(C2CCC(C3CC3)CC2)C(F)C1F. The topological polar surface area (TPSA) is 0 Å². The van der Waals surface area contributed by atoms with E-state index in [1.54, 1.807) is 0 Å². The molecule has 0 spiro atoms. The van der Waals surface area contributed by atoms with Crippen molar-refractivity contribution in [1.29, 1.82) is 0 Å². The minimum atomic E-state index is -1.20. The van der Waals surface area contributed by atoms with E-state index in [9.17, 15) is 8.78 Å². The van der Waals surface area contributed by atoms with E-state index < -0.39 is 12.3 Å². The van der Waals surface area contributed by atoms with Crippen molar-refractivity contribution >= 4 is 0 Å². The first-order chi connectivity index (χ1) is 8.66. The standard InChI is InChI=1S/C16H26F2/c1-10-2-9-14(16(18)15(10)17)13-7-5-12(6-8-13)11-3-4-11/h10-16H,2-9H2,1H3. The highest BCUT2D eigenvalue weighted by atomic mass is 19.2. The monoisotopic (exact) mass is 256 g/mol. The predicted molar refractivity (Wildman–Crippen MR) is 69.9 cm³/mol. The highest BCUT2D eigenvalue weighted by Crippen LogP contribution is 2.49. The van der Waals surface area contributed by atoms with Crippen molar-refractivity contribution in [3.8, 4) is 0 Å². The summed E-state index contributed by atoms with van der Waals surface area (Å²) in [5.41, 5.74) is 0. The zero-order valence-corrected chi connectivity index (χ0v) is 11.5. The molecule has 0 aliphatic heterocycles. The fraction of sp³-hybridized carbons (Fsp3) is 1.00. The maximum atomic E-state index is 14.2. The number of rotatable bonds is 2. The Kier molecular flexibility index (Phi) is 3.64. The molecule has 0 nitrogen and oxygen atoms in total. The van der Waals surface area contributed by atoms with Crippen molar-refractivity contribution in [2.45, 2.75) is 70.6 Å². The largest absolute Gasteiger partial charge is 0.244 e. The van der Waals surface area contributed by atoms with Crippen LogP contribution in [0.1, 0.15) is 58.3 Å². The normalized spacial score (nSPS) is 50.2. The van der Waals surface area contributed by atoms with Crippen LogP contribution < -0.4 is 0 Å². The maximum Gasteiger partial charge on any atom is 0.134 e. The summed E-state index contributed by atoms with van der Waals surface area (Å²) in [4.78, 5) is 0. The van der Waals surface area contributed by atoms with Crippen LogP contribution in [0.15, 0.2) is 0 Å². The summed E-state index contributed by atoms with van der Waals surface area (Å²) >= 11 is 0. The summed E-state index contributed by atoms with van der Waals surface area (Å²) in [7, 11) is 0. The summed E-state index contributed by atoms with van der Waals surface area (Å²) < 4.78 is 28.0. The second kappa shape index (κ2) is 5.09. The molecule has 3 rings (SSSR count). The highest BCUT2D eigenvalue weighted by Gasteiger charge is 2.43. The van der Waals surface area contributed by atoms with E-state index in [1.165, 1.54) is 25.7 Å². The molecule has 4 atom stereocenters. The summed E-state index contributed by atoms with van der Waals surface area (Å²) in [6.07, 6.45) is 7.15. The van der Waals surface area contributed by atoms with Crippen LogP contribution in [-0.2, 0) is 0 Å². The van der Waals surface area contributed by atoms with Gasteiger partial charge in [0.15, 0.2) is 0 Å². The van der Waals surface area contributed by atoms with Gasteiger partial charge < -0.3 is 0 Å². The number of alkyl halides is 2. The number of hydrogen-bond donors (Lipinski definition) is 0. The van der Waals surface area contributed by atoms with Gasteiger partial charge in [-0.3, -0.25) is 0 Å². The molecular weight excluding hydrogens is 230 g/mol. The van der Waals surface area contributed by atoms with Crippen LogP contribution in [0.25, 0.3) is 0 Å². The van der Waals surface area contributed by atoms with Gasteiger partial charge in [-0.05, 0) is 81.0 Å². The first kappa shape index (κ1) is 12.9. The molecule has 0 aromatic rings. The lowest BCUT2D eigenvalue weighted by atomic mass is 9.67. The van der Waals surface area contributed by atoms with Crippen LogP contribution in [0.2, 0.25) is 0 Å². The van der Waals surface area contributed by atoms with E-state index >= 15 is 0 Å². The van der Waals surface area contributed by atoms with E-state index in [-0.39, 0.29) is 11.8 Å². The third kappa shape index (κ3) is 2.44. The average Bonchev–Trinajstić information content (AvgIpc) is 3.21. The smallest absolute Gasteiger partial charge is 0.134 e. The quantitative estimate of drug-likeness (QED) is 0.657. The average molecular weight is 256 g/mol. The van der Waals surface area contributed by atoms with Gasteiger partial charge in [0.2, 0.25) is 0 Å². The molecule has 0 aromatic heterocycles. The van der Waals surface area contributed by atoms with Gasteiger partial charge in [0.1, 0.15) is 12.3 Å². The maximum absolute atomic E-state index is 14.2. The third-order valence-corrected chi connectivity index (χ3v) is 5.92. The Labute approximate surface area is 110 Å². The molecule has 3 saturated carbocycles. The fourth-order valence-electron chi connectivity index (χ4n) is 4.43. The van der Waals surface area contributed by atoms with E-state index in [1.807, 2.05) is 6.92 Å². The zero-order valence-electron chi connectivity index (χ0n) is 11.5. The van der Waals surface area contributed by atoms with E-state index in [2.05, 4.69) is 0 Å². The summed E-state index contributed by atoms with van der Waals surface area (Å²) in [6, 6.07) is 0. The second-order valence-electron chi connectivity index (χ2n) is 7.12. The van der Waals surface area contributed by atoms with Gasteiger partial charge in [0.25, 0.3) is 0 Å². The first-order valence-corrected chi connectivity index (χ1v) is 7.95. The summed E-state index contributed by atoms with van der Waals surface area (Å²) in [5.74, 6) is 2.34. The zero-order chi connectivity index (χ0) is 12.7. The van der Waals surface area contributed by atoms with Crippen LogP contribution in [0, 0.1) is 29.6 Å². The Balaban J connectivity index is 1.55. The van der Waals surface area contributed by atoms with Gasteiger partial charge in [0.05, 0.1) is 0 Å². The van der Waals surface area contributed by atoms with Crippen molar-refractivity contribution in [1.82, 2.24) is 0 Å². The number of hydrogen-bond acceptors (Lipinski definition) is 0. The van der Waals surface area contributed by atoms with E-state index in [0.717, 1.165) is 37.5 Å². The molecule has 2 heteroatoms. The molecule has 0 heterocycles. The molecule has 0 saturated heterocycles. The minimum Gasteiger partial charge on any atom is -0.244 e. The molecule has 18 heavy (non-hydrogen) atoms. The molecule has 0 aromatic carbocycles. The molecule has 0 N–H and O–H groups in total. The second-order valence-corrected chi connectivity index (χ2v) is 7.12. The van der Waals surface area contributed by atoms with E-state index in [0.29, 0.717) is 5.92 Å². The highest BCUT2D eigenvalue weighted by molar-refractivity contribution is 4.93. The Morgan fingerprint density at radius 3 is 1.67 bits per heavy atom. The molecule has 3 aliphatic carbocycles. The lowest BCUT2D eigenvalue weighted by Crippen LogP contribution is -2.41. The summed E-state index contributed by atoms with van der Waals surface area (Å²) in [5, 5.41) is 0. The first-order valence-electron chi connectivity index (χ1n) is 7.95. The molecule has 4 unspecified atom stereocenters. The van der Waals surface area contributed by atoms with Gasteiger partial charge in [-0.1, -0.05) is 6.92 Å². The van der Waals surface area contributed by atoms with Gasteiger partial charge in [-0.2, -0.15) is 0 Å². The molecular formula is C16H26F2. The van der Waals surface area contributed by atoms with Crippen LogP contribution in [-0.4, -0.2) is 12.3 Å². The predicted octanol–water partition coefficient (Wildman–Crippen LogP) is 4.93. The van der Waals surface area contributed by atoms with Crippen LogP contribution in [0.5, 0.6) is 0 Å². The van der Waals surface area contributed by atoms with Gasteiger partial charge in [0, 0.05) is 0 Å².